The first kappa shape index (κ1) is 17.5. The molecule has 1 unspecified atom stereocenters. The number of para-hydroxylation sites is 1. The first-order chi connectivity index (χ1) is 12.6. The number of nitrogens with two attached hydrogens (primary N) is 2. The lowest BCUT2D eigenvalue weighted by molar-refractivity contribution is 0.629. The molecule has 0 aliphatic carbocycles. The van der Waals surface area contributed by atoms with Crippen LogP contribution in [-0.2, 0) is 0 Å². The van der Waals surface area contributed by atoms with Gasteiger partial charge in [-0.25, -0.2) is 14.4 Å². The van der Waals surface area contributed by atoms with Gasteiger partial charge in [0.15, 0.2) is 0 Å². The maximum atomic E-state index is 13.8. The molecule has 4 N–H and O–H groups in total. The number of nitrogen functional groups attached to an aromatic ring is 1. The van der Waals surface area contributed by atoms with E-state index in [4.69, 9.17) is 11.6 Å². The van der Waals surface area contributed by atoms with Crippen molar-refractivity contribution in [3.8, 4) is 0 Å². The Morgan fingerprint density at radius 3 is 2.81 bits per heavy atom. The fraction of sp³-hybridized carbons (Fsp3) is 0.222. The predicted octanol–water partition coefficient (Wildman–Crippen LogP) is 3.13. The summed E-state index contributed by atoms with van der Waals surface area (Å²) in [6.45, 7) is 3.94. The van der Waals surface area contributed by atoms with E-state index >= 15 is 0 Å². The number of aliphatic imine (C=N–C) groups is 1. The van der Waals surface area contributed by atoms with Crippen molar-refractivity contribution < 1.29 is 4.39 Å². The number of anilines is 1. The maximum Gasteiger partial charge on any atom is 0.148 e. The van der Waals surface area contributed by atoms with Crippen LogP contribution in [0.3, 0.4) is 0 Å². The Balaban J connectivity index is 2.03. The van der Waals surface area contributed by atoms with E-state index in [1.807, 2.05) is 24.6 Å². The zero-order chi connectivity index (χ0) is 18.7. The smallest absolute Gasteiger partial charge is 0.148 e. The number of halogens is 1. The fourth-order valence-electron chi connectivity index (χ4n) is 2.98. The summed E-state index contributed by atoms with van der Waals surface area (Å²) in [6, 6.07) is 6.05. The quantitative estimate of drug-likeness (QED) is 0.417. The van der Waals surface area contributed by atoms with Crippen LogP contribution < -0.4 is 11.6 Å². The van der Waals surface area contributed by atoms with Gasteiger partial charge in [-0.1, -0.05) is 19.1 Å². The highest BCUT2D eigenvalue weighted by molar-refractivity contribution is 6.32. The van der Waals surface area contributed by atoms with Crippen molar-refractivity contribution in [2.24, 2.45) is 15.9 Å². The number of aryl methyl sites for hydroxylation is 1. The minimum Gasteiger partial charge on any atom is -0.383 e. The van der Waals surface area contributed by atoms with Crippen molar-refractivity contribution in [1.82, 2.24) is 14.5 Å². The summed E-state index contributed by atoms with van der Waals surface area (Å²) in [5.41, 5.74) is 8.37. The molecule has 134 valence electrons. The van der Waals surface area contributed by atoms with Gasteiger partial charge in [0.05, 0.1) is 23.3 Å². The van der Waals surface area contributed by atoms with Gasteiger partial charge in [0.25, 0.3) is 0 Å². The third kappa shape index (κ3) is 3.13. The van der Waals surface area contributed by atoms with Crippen LogP contribution in [0.4, 0.5) is 15.9 Å². The molecule has 0 aliphatic heterocycles. The number of aromatic nitrogens is 3. The maximum absolute atomic E-state index is 13.8. The number of hydrogen-bond donors (Lipinski definition) is 2. The molecule has 1 atom stereocenters. The van der Waals surface area contributed by atoms with E-state index < -0.39 is 5.82 Å². The van der Waals surface area contributed by atoms with Crippen LogP contribution >= 0.6 is 0 Å². The van der Waals surface area contributed by atoms with Crippen LogP contribution in [0.1, 0.15) is 24.9 Å². The molecule has 3 aromatic rings. The molecule has 1 aromatic carbocycles. The lowest BCUT2D eigenvalue weighted by Crippen LogP contribution is -2.21. The monoisotopic (exact) mass is 353 g/mol. The molecule has 0 bridgehead atoms. The average molecular weight is 353 g/mol. The van der Waals surface area contributed by atoms with E-state index in [1.54, 1.807) is 18.2 Å². The highest BCUT2D eigenvalue weighted by Gasteiger charge is 2.20. The third-order valence-corrected chi connectivity index (χ3v) is 4.23. The topological polar surface area (TPSA) is 107 Å². The Bertz CT molecular complexity index is 990. The van der Waals surface area contributed by atoms with Crippen molar-refractivity contribution in [3.63, 3.8) is 0 Å². The molecular formula is C18H20FN7. The van der Waals surface area contributed by atoms with Gasteiger partial charge in [0.1, 0.15) is 29.3 Å². The van der Waals surface area contributed by atoms with Crippen molar-refractivity contribution in [3.05, 3.63) is 48.2 Å². The summed E-state index contributed by atoms with van der Waals surface area (Å²) in [6.07, 6.45) is 5.53. The zero-order valence-corrected chi connectivity index (χ0v) is 14.6. The van der Waals surface area contributed by atoms with Gasteiger partial charge < -0.3 is 16.1 Å². The second-order valence-corrected chi connectivity index (χ2v) is 5.86. The number of hydrazone groups is 1. The highest BCUT2D eigenvalue weighted by atomic mass is 19.1. The first-order valence-electron chi connectivity index (χ1n) is 8.20. The number of hydrogen-bond acceptors (Lipinski definition) is 6. The highest BCUT2D eigenvalue weighted by Crippen LogP contribution is 2.27. The molecule has 26 heavy (non-hydrogen) atoms. The molecule has 7 nitrogen and oxygen atoms in total. The molecule has 0 radical (unpaired) electrons. The van der Waals surface area contributed by atoms with E-state index in [2.05, 4.69) is 20.1 Å². The number of rotatable bonds is 5. The lowest BCUT2D eigenvalue weighted by Gasteiger charge is -2.17. The fourth-order valence-corrected chi connectivity index (χ4v) is 2.98. The zero-order valence-electron chi connectivity index (χ0n) is 14.6. The number of nitrogens with zero attached hydrogens (tertiary/aromatic N) is 5. The number of benzene rings is 1. The Labute approximate surface area is 150 Å². The van der Waals surface area contributed by atoms with Crippen molar-refractivity contribution in [2.45, 2.75) is 26.3 Å². The van der Waals surface area contributed by atoms with E-state index in [9.17, 15) is 4.39 Å². The summed E-state index contributed by atoms with van der Waals surface area (Å²) in [5, 5.41) is 4.67. The summed E-state index contributed by atoms with van der Waals surface area (Å²) >= 11 is 0. The SMILES string of the molecule is CCC(C(C=Nc1ccccc1F)=NN)n1cc(C)c2c(N)ncnc21. The second-order valence-electron chi connectivity index (χ2n) is 5.86. The molecule has 8 heteroatoms. The van der Waals surface area contributed by atoms with Crippen LogP contribution in [0.15, 0.2) is 46.9 Å². The van der Waals surface area contributed by atoms with Crippen LogP contribution in [-0.4, -0.2) is 26.5 Å². The van der Waals surface area contributed by atoms with Crippen LogP contribution in [0, 0.1) is 12.7 Å². The summed E-state index contributed by atoms with van der Waals surface area (Å²) in [7, 11) is 0. The summed E-state index contributed by atoms with van der Waals surface area (Å²) in [5.74, 6) is 5.62. The molecule has 0 saturated heterocycles. The summed E-state index contributed by atoms with van der Waals surface area (Å²) < 4.78 is 15.7. The minimum atomic E-state index is -0.407. The van der Waals surface area contributed by atoms with E-state index in [0.29, 0.717) is 23.6 Å². The lowest BCUT2D eigenvalue weighted by atomic mass is 10.1. The summed E-state index contributed by atoms with van der Waals surface area (Å²) in [4.78, 5) is 12.6. The van der Waals surface area contributed by atoms with Crippen LogP contribution in [0.2, 0.25) is 0 Å². The Kier molecular flexibility index (Phi) is 4.92. The Morgan fingerprint density at radius 2 is 2.12 bits per heavy atom. The van der Waals surface area contributed by atoms with Crippen LogP contribution in [0.5, 0.6) is 0 Å². The van der Waals surface area contributed by atoms with Gasteiger partial charge in [-0.15, -0.1) is 0 Å². The molecule has 0 fully saturated rings. The van der Waals surface area contributed by atoms with Gasteiger partial charge >= 0.3 is 0 Å². The predicted molar refractivity (Wildman–Crippen MR) is 102 cm³/mol. The largest absolute Gasteiger partial charge is 0.383 e. The van der Waals surface area contributed by atoms with E-state index in [-0.39, 0.29) is 11.7 Å². The first-order valence-corrected chi connectivity index (χ1v) is 8.20. The van der Waals surface area contributed by atoms with Gasteiger partial charge in [0.2, 0.25) is 0 Å². The molecule has 0 spiro atoms. The second kappa shape index (κ2) is 7.30. The molecule has 0 amide bonds. The molecule has 2 heterocycles. The van der Waals surface area contributed by atoms with E-state index in [1.165, 1.54) is 18.6 Å². The molecule has 3 rings (SSSR count). The molecule has 0 saturated carbocycles. The molecular weight excluding hydrogens is 333 g/mol. The van der Waals surface area contributed by atoms with Gasteiger partial charge in [-0.3, -0.25) is 4.99 Å². The molecule has 0 aliphatic rings. The normalized spacial score (nSPS) is 13.6. The van der Waals surface area contributed by atoms with Gasteiger partial charge in [-0.2, -0.15) is 5.10 Å². The third-order valence-electron chi connectivity index (χ3n) is 4.23. The van der Waals surface area contributed by atoms with Crippen molar-refractivity contribution in [2.75, 3.05) is 5.73 Å². The average Bonchev–Trinajstić information content (AvgIpc) is 2.97. The van der Waals surface area contributed by atoms with E-state index in [0.717, 1.165) is 10.9 Å². The Morgan fingerprint density at radius 1 is 1.35 bits per heavy atom. The van der Waals surface area contributed by atoms with Gasteiger partial charge in [-0.05, 0) is 31.0 Å². The Hall–Kier alpha value is -3.29. The van der Waals surface area contributed by atoms with Crippen molar-refractivity contribution in [1.29, 1.82) is 0 Å². The number of fused-ring (bicyclic) bond motifs is 1. The van der Waals surface area contributed by atoms with Crippen LogP contribution in [0.25, 0.3) is 11.0 Å². The van der Waals surface area contributed by atoms with Crippen molar-refractivity contribution >= 4 is 34.5 Å². The van der Waals surface area contributed by atoms with Gasteiger partial charge in [0, 0.05) is 6.20 Å². The molecule has 2 aromatic heterocycles. The standard InChI is InChI=1S/C18H20FN7/c1-3-15(14(25-21)8-22-13-7-5-4-6-12(13)19)26-9-11(2)16-17(20)23-10-24-18(16)26/h4-10,15H,3,21H2,1-2H3,(H2,20,23,24). The minimum absolute atomic E-state index is 0.221.